The third kappa shape index (κ3) is 4.53. The van der Waals surface area contributed by atoms with Gasteiger partial charge in [-0.25, -0.2) is 0 Å². The first-order valence-electron chi connectivity index (χ1n) is 7.33. The standard InChI is InChI=1S/C15H21N3O3/c1-11(12-4-2-6-14(10-12)18(20)21)17-15(19)8-7-13-5-3-9-16-13/h2,4,6,10-11,13,16H,3,5,7-9H2,1H3,(H,17,19). The lowest BCUT2D eigenvalue weighted by molar-refractivity contribution is -0.384. The SMILES string of the molecule is CC(NC(=O)CCC1CCCN1)c1cccc([N+](=O)[O-])c1. The Kier molecular flexibility index (Phi) is 5.27. The highest BCUT2D eigenvalue weighted by Crippen LogP contribution is 2.19. The van der Waals surface area contributed by atoms with Crippen LogP contribution < -0.4 is 10.6 Å². The van der Waals surface area contributed by atoms with Gasteiger partial charge in [-0.3, -0.25) is 14.9 Å². The lowest BCUT2D eigenvalue weighted by Crippen LogP contribution is -2.29. The summed E-state index contributed by atoms with van der Waals surface area (Å²) in [6, 6.07) is 6.60. The van der Waals surface area contributed by atoms with Gasteiger partial charge in [0, 0.05) is 24.6 Å². The number of nitrogens with zero attached hydrogens (tertiary/aromatic N) is 1. The predicted molar refractivity (Wildman–Crippen MR) is 79.9 cm³/mol. The molecule has 2 rings (SSSR count). The summed E-state index contributed by atoms with van der Waals surface area (Å²) in [7, 11) is 0. The number of carbonyl (C=O) groups is 1. The van der Waals surface area contributed by atoms with E-state index >= 15 is 0 Å². The van der Waals surface area contributed by atoms with Crippen LogP contribution in [0.1, 0.15) is 44.2 Å². The topological polar surface area (TPSA) is 84.3 Å². The molecule has 2 atom stereocenters. The molecule has 6 heteroatoms. The van der Waals surface area contributed by atoms with E-state index in [0.29, 0.717) is 12.5 Å². The molecule has 6 nitrogen and oxygen atoms in total. The fourth-order valence-corrected chi connectivity index (χ4v) is 2.61. The number of nitro groups is 1. The Balaban J connectivity index is 1.85. The maximum absolute atomic E-state index is 11.9. The number of nitrogens with one attached hydrogen (secondary N) is 2. The Morgan fingerprint density at radius 2 is 2.38 bits per heavy atom. The van der Waals surface area contributed by atoms with E-state index in [4.69, 9.17) is 0 Å². The van der Waals surface area contributed by atoms with Crippen LogP contribution in [0.2, 0.25) is 0 Å². The lowest BCUT2D eigenvalue weighted by atomic mass is 10.1. The van der Waals surface area contributed by atoms with Crippen LogP contribution in [0.25, 0.3) is 0 Å². The Bertz CT molecular complexity index is 513. The monoisotopic (exact) mass is 291 g/mol. The molecule has 1 aliphatic heterocycles. The zero-order valence-corrected chi connectivity index (χ0v) is 12.2. The van der Waals surface area contributed by atoms with Crippen LogP contribution >= 0.6 is 0 Å². The number of amides is 1. The summed E-state index contributed by atoms with van der Waals surface area (Å²) in [5.41, 5.74) is 0.792. The van der Waals surface area contributed by atoms with Gasteiger partial charge in [-0.05, 0) is 38.3 Å². The van der Waals surface area contributed by atoms with E-state index in [1.54, 1.807) is 12.1 Å². The van der Waals surface area contributed by atoms with E-state index in [9.17, 15) is 14.9 Å². The molecule has 0 saturated carbocycles. The average Bonchev–Trinajstić information content (AvgIpc) is 2.98. The largest absolute Gasteiger partial charge is 0.350 e. The zero-order chi connectivity index (χ0) is 15.2. The van der Waals surface area contributed by atoms with Crippen molar-refractivity contribution in [3.8, 4) is 0 Å². The van der Waals surface area contributed by atoms with Gasteiger partial charge in [-0.15, -0.1) is 0 Å². The third-order valence-corrected chi connectivity index (χ3v) is 3.84. The summed E-state index contributed by atoms with van der Waals surface area (Å²) in [5, 5.41) is 17.0. The molecule has 1 fully saturated rings. The maximum atomic E-state index is 11.9. The van der Waals surface area contributed by atoms with Crippen LogP contribution in [-0.4, -0.2) is 23.4 Å². The minimum atomic E-state index is -0.427. The van der Waals surface area contributed by atoms with Crippen molar-refractivity contribution in [1.29, 1.82) is 0 Å². The van der Waals surface area contributed by atoms with Gasteiger partial charge in [0.05, 0.1) is 11.0 Å². The smallest absolute Gasteiger partial charge is 0.269 e. The van der Waals surface area contributed by atoms with E-state index in [0.717, 1.165) is 24.9 Å². The molecule has 0 aliphatic carbocycles. The van der Waals surface area contributed by atoms with Crippen molar-refractivity contribution in [2.45, 2.75) is 44.7 Å². The Morgan fingerprint density at radius 1 is 1.57 bits per heavy atom. The Hall–Kier alpha value is -1.95. The summed E-state index contributed by atoms with van der Waals surface area (Å²) in [6.07, 6.45) is 3.63. The molecule has 0 radical (unpaired) electrons. The normalized spacial score (nSPS) is 19.2. The van der Waals surface area contributed by atoms with E-state index < -0.39 is 4.92 Å². The van der Waals surface area contributed by atoms with Crippen molar-refractivity contribution in [2.24, 2.45) is 0 Å². The fraction of sp³-hybridized carbons (Fsp3) is 0.533. The van der Waals surface area contributed by atoms with Crippen molar-refractivity contribution in [3.05, 3.63) is 39.9 Å². The molecule has 1 aromatic rings. The molecule has 1 heterocycles. The highest BCUT2D eigenvalue weighted by molar-refractivity contribution is 5.76. The number of hydrogen-bond donors (Lipinski definition) is 2. The van der Waals surface area contributed by atoms with Crippen LogP contribution in [0.3, 0.4) is 0 Å². The number of nitro benzene ring substituents is 1. The van der Waals surface area contributed by atoms with Crippen LogP contribution in [0.5, 0.6) is 0 Å². The minimum Gasteiger partial charge on any atom is -0.350 e. The van der Waals surface area contributed by atoms with Gasteiger partial charge in [0.2, 0.25) is 5.91 Å². The first-order valence-corrected chi connectivity index (χ1v) is 7.33. The van der Waals surface area contributed by atoms with Gasteiger partial charge >= 0.3 is 0 Å². The van der Waals surface area contributed by atoms with Gasteiger partial charge < -0.3 is 10.6 Å². The van der Waals surface area contributed by atoms with Gasteiger partial charge in [0.1, 0.15) is 0 Å². The molecule has 0 bridgehead atoms. The molecule has 0 spiro atoms. The summed E-state index contributed by atoms with van der Waals surface area (Å²) in [4.78, 5) is 22.3. The number of carbonyl (C=O) groups excluding carboxylic acids is 1. The maximum Gasteiger partial charge on any atom is 0.269 e. The molecule has 1 aliphatic rings. The molecule has 1 amide bonds. The van der Waals surface area contributed by atoms with Gasteiger partial charge in [-0.1, -0.05) is 12.1 Å². The lowest BCUT2D eigenvalue weighted by Gasteiger charge is -2.15. The molecule has 2 N–H and O–H groups in total. The van der Waals surface area contributed by atoms with Gasteiger partial charge in [0.25, 0.3) is 5.69 Å². The summed E-state index contributed by atoms with van der Waals surface area (Å²) >= 11 is 0. The highest BCUT2D eigenvalue weighted by atomic mass is 16.6. The van der Waals surface area contributed by atoms with E-state index in [2.05, 4.69) is 10.6 Å². The fourth-order valence-electron chi connectivity index (χ4n) is 2.61. The molecule has 0 aromatic heterocycles. The van der Waals surface area contributed by atoms with Crippen molar-refractivity contribution >= 4 is 11.6 Å². The van der Waals surface area contributed by atoms with Crippen molar-refractivity contribution in [3.63, 3.8) is 0 Å². The second-order valence-corrected chi connectivity index (χ2v) is 5.47. The molecule has 1 saturated heterocycles. The number of non-ortho nitro benzene ring substituents is 1. The second kappa shape index (κ2) is 7.17. The summed E-state index contributed by atoms with van der Waals surface area (Å²) in [6.45, 7) is 2.88. The first kappa shape index (κ1) is 15.4. The van der Waals surface area contributed by atoms with Crippen LogP contribution in [0.4, 0.5) is 5.69 Å². The number of hydrogen-bond acceptors (Lipinski definition) is 4. The Morgan fingerprint density at radius 3 is 3.05 bits per heavy atom. The number of rotatable bonds is 6. The molecule has 2 unspecified atom stereocenters. The number of benzene rings is 1. The van der Waals surface area contributed by atoms with Crippen molar-refractivity contribution in [1.82, 2.24) is 10.6 Å². The molecule has 21 heavy (non-hydrogen) atoms. The molecular formula is C15H21N3O3. The summed E-state index contributed by atoms with van der Waals surface area (Å²) < 4.78 is 0. The zero-order valence-electron chi connectivity index (χ0n) is 12.2. The minimum absolute atomic E-state index is 0.0114. The Labute approximate surface area is 124 Å². The first-order chi connectivity index (χ1) is 10.1. The highest BCUT2D eigenvalue weighted by Gasteiger charge is 2.17. The predicted octanol–water partition coefficient (Wildman–Crippen LogP) is 2.30. The van der Waals surface area contributed by atoms with Crippen LogP contribution in [-0.2, 0) is 4.79 Å². The van der Waals surface area contributed by atoms with Crippen LogP contribution in [0, 0.1) is 10.1 Å². The van der Waals surface area contributed by atoms with E-state index in [1.807, 2.05) is 6.92 Å². The van der Waals surface area contributed by atoms with E-state index in [-0.39, 0.29) is 17.6 Å². The molecule has 114 valence electrons. The van der Waals surface area contributed by atoms with E-state index in [1.165, 1.54) is 18.6 Å². The second-order valence-electron chi connectivity index (χ2n) is 5.47. The average molecular weight is 291 g/mol. The molecular weight excluding hydrogens is 270 g/mol. The van der Waals surface area contributed by atoms with Crippen molar-refractivity contribution in [2.75, 3.05) is 6.54 Å². The molecule has 1 aromatic carbocycles. The van der Waals surface area contributed by atoms with Crippen LogP contribution in [0.15, 0.2) is 24.3 Å². The third-order valence-electron chi connectivity index (χ3n) is 3.84. The van der Waals surface area contributed by atoms with Gasteiger partial charge in [0.15, 0.2) is 0 Å². The van der Waals surface area contributed by atoms with Gasteiger partial charge in [-0.2, -0.15) is 0 Å². The quantitative estimate of drug-likeness (QED) is 0.622. The summed E-state index contributed by atoms with van der Waals surface area (Å²) in [5.74, 6) is -0.0114. The van der Waals surface area contributed by atoms with Crippen molar-refractivity contribution < 1.29 is 9.72 Å².